The van der Waals surface area contributed by atoms with Gasteiger partial charge in [-0.15, -0.1) is 0 Å². The van der Waals surface area contributed by atoms with Gasteiger partial charge in [0.05, 0.1) is 11.3 Å². The summed E-state index contributed by atoms with van der Waals surface area (Å²) < 4.78 is 40.7. The number of benzene rings is 1. The summed E-state index contributed by atoms with van der Waals surface area (Å²) in [5.74, 6) is 1.45. The summed E-state index contributed by atoms with van der Waals surface area (Å²) in [7, 11) is 0. The monoisotopic (exact) mass is 543 g/mol. The number of fused-ring (bicyclic) bond motifs is 1. The second-order valence-corrected chi connectivity index (χ2v) is 10.5. The van der Waals surface area contributed by atoms with E-state index >= 15 is 0 Å². The molecule has 38 heavy (non-hydrogen) atoms. The molecule has 1 atom stereocenters. The number of hydrogen-bond donors (Lipinski definition) is 0. The lowest BCUT2D eigenvalue weighted by molar-refractivity contribution is -0.137. The van der Waals surface area contributed by atoms with Crippen LogP contribution >= 0.6 is 11.6 Å². The minimum atomic E-state index is -4.45. The predicted octanol–water partition coefficient (Wildman–Crippen LogP) is 4.82. The molecule has 0 saturated carbocycles. The van der Waals surface area contributed by atoms with E-state index in [-0.39, 0.29) is 5.82 Å². The SMILES string of the molecule is FC(F)(F)c1cccnc1N1CCN(c2cc(-c3cccc(Cl)c3)nc(N3CCN4CCC[C@H]4C3)n2)CC1. The van der Waals surface area contributed by atoms with Crippen LogP contribution < -0.4 is 14.7 Å². The first-order chi connectivity index (χ1) is 18.3. The molecule has 3 aliphatic rings. The molecule has 0 aliphatic carbocycles. The highest BCUT2D eigenvalue weighted by Gasteiger charge is 2.36. The topological polar surface area (TPSA) is 51.6 Å². The number of alkyl halides is 3. The Morgan fingerprint density at radius 2 is 1.63 bits per heavy atom. The Bertz CT molecular complexity index is 1300. The van der Waals surface area contributed by atoms with Gasteiger partial charge in [-0.3, -0.25) is 4.90 Å². The van der Waals surface area contributed by atoms with Crippen molar-refractivity contribution in [1.29, 1.82) is 0 Å². The van der Waals surface area contributed by atoms with Crippen molar-refractivity contribution in [2.24, 2.45) is 0 Å². The predicted molar refractivity (Wildman–Crippen MR) is 143 cm³/mol. The molecule has 3 aliphatic heterocycles. The van der Waals surface area contributed by atoms with E-state index in [0.29, 0.717) is 43.2 Å². The molecule has 0 spiro atoms. The number of hydrogen-bond acceptors (Lipinski definition) is 7. The van der Waals surface area contributed by atoms with Crippen LogP contribution in [0.15, 0.2) is 48.7 Å². The van der Waals surface area contributed by atoms with Gasteiger partial charge in [-0.05, 0) is 43.7 Å². The summed E-state index contributed by atoms with van der Waals surface area (Å²) in [5.41, 5.74) is 0.990. The van der Waals surface area contributed by atoms with Crippen LogP contribution in [0.1, 0.15) is 18.4 Å². The van der Waals surface area contributed by atoms with Gasteiger partial charge in [0.2, 0.25) is 5.95 Å². The van der Waals surface area contributed by atoms with Crippen molar-refractivity contribution in [3.05, 3.63) is 59.2 Å². The molecule has 5 heterocycles. The maximum Gasteiger partial charge on any atom is 0.419 e. The second-order valence-electron chi connectivity index (χ2n) is 10.0. The first-order valence-corrected chi connectivity index (χ1v) is 13.4. The van der Waals surface area contributed by atoms with Crippen LogP contribution in [0.3, 0.4) is 0 Å². The van der Waals surface area contributed by atoms with E-state index in [1.807, 2.05) is 30.3 Å². The minimum Gasteiger partial charge on any atom is -0.353 e. The molecule has 200 valence electrons. The smallest absolute Gasteiger partial charge is 0.353 e. The van der Waals surface area contributed by atoms with Crippen LogP contribution in [-0.2, 0) is 6.18 Å². The number of rotatable bonds is 4. The van der Waals surface area contributed by atoms with Gasteiger partial charge in [0.1, 0.15) is 11.6 Å². The Kier molecular flexibility index (Phi) is 6.77. The van der Waals surface area contributed by atoms with Gasteiger partial charge in [-0.25, -0.2) is 9.97 Å². The largest absolute Gasteiger partial charge is 0.419 e. The molecule has 3 aromatic rings. The molecular weight excluding hydrogens is 515 g/mol. The standard InChI is InChI=1S/C27H29ClF3N7/c28-20-5-1-4-19(16-20)23-17-24(34-26(33-23)38-15-10-35-9-3-6-21(35)18-38)36-11-13-37(14-12-36)25-22(27(29,30)31)7-2-8-32-25/h1-2,4-5,7-8,16-17,21H,3,6,9-15,18H2/t21-/m0/s1. The lowest BCUT2D eigenvalue weighted by Gasteiger charge is -2.39. The number of piperazine rings is 2. The Morgan fingerprint density at radius 3 is 2.42 bits per heavy atom. The summed E-state index contributed by atoms with van der Waals surface area (Å²) in [6.45, 7) is 5.78. The molecule has 3 saturated heterocycles. The van der Waals surface area contributed by atoms with Gasteiger partial charge in [-0.1, -0.05) is 23.7 Å². The highest BCUT2D eigenvalue weighted by molar-refractivity contribution is 6.30. The zero-order valence-corrected chi connectivity index (χ0v) is 21.7. The fourth-order valence-electron chi connectivity index (χ4n) is 5.71. The van der Waals surface area contributed by atoms with E-state index in [4.69, 9.17) is 21.6 Å². The summed E-state index contributed by atoms with van der Waals surface area (Å²) in [6.07, 6.45) is -0.622. The zero-order chi connectivity index (χ0) is 26.3. The van der Waals surface area contributed by atoms with Gasteiger partial charge in [0.25, 0.3) is 0 Å². The number of nitrogens with zero attached hydrogens (tertiary/aromatic N) is 7. The fraction of sp³-hybridized carbons (Fsp3) is 0.444. The summed E-state index contributed by atoms with van der Waals surface area (Å²) in [4.78, 5) is 22.6. The number of aromatic nitrogens is 3. The number of pyridine rings is 1. The fourth-order valence-corrected chi connectivity index (χ4v) is 5.90. The Labute approximate surface area is 224 Å². The molecule has 11 heteroatoms. The molecule has 3 fully saturated rings. The molecule has 7 nitrogen and oxygen atoms in total. The number of halogens is 4. The quantitative estimate of drug-likeness (QED) is 0.467. The highest BCUT2D eigenvalue weighted by Crippen LogP contribution is 2.36. The van der Waals surface area contributed by atoms with Gasteiger partial charge >= 0.3 is 6.18 Å². The van der Waals surface area contributed by atoms with Crippen LogP contribution in [-0.4, -0.2) is 78.3 Å². The van der Waals surface area contributed by atoms with Gasteiger partial charge < -0.3 is 14.7 Å². The second kappa shape index (κ2) is 10.2. The Morgan fingerprint density at radius 1 is 0.842 bits per heavy atom. The van der Waals surface area contributed by atoms with Gasteiger partial charge in [0.15, 0.2) is 0 Å². The molecule has 0 unspecified atom stereocenters. The third kappa shape index (κ3) is 5.11. The maximum atomic E-state index is 13.6. The van der Waals surface area contributed by atoms with Crippen molar-refractivity contribution in [2.75, 3.05) is 67.1 Å². The maximum absolute atomic E-state index is 13.6. The molecule has 6 rings (SSSR count). The average Bonchev–Trinajstić information content (AvgIpc) is 3.41. The van der Waals surface area contributed by atoms with E-state index in [0.717, 1.165) is 49.3 Å². The van der Waals surface area contributed by atoms with E-state index in [1.165, 1.54) is 25.1 Å². The van der Waals surface area contributed by atoms with Crippen molar-refractivity contribution >= 4 is 29.2 Å². The van der Waals surface area contributed by atoms with Gasteiger partial charge in [-0.2, -0.15) is 18.2 Å². The zero-order valence-electron chi connectivity index (χ0n) is 20.9. The van der Waals surface area contributed by atoms with Crippen molar-refractivity contribution in [3.63, 3.8) is 0 Å². The molecule has 0 amide bonds. The number of anilines is 3. The lowest BCUT2D eigenvalue weighted by atomic mass is 10.1. The first-order valence-electron chi connectivity index (χ1n) is 13.0. The molecule has 0 bridgehead atoms. The van der Waals surface area contributed by atoms with Gasteiger partial charge in [0, 0.05) is 74.7 Å². The highest BCUT2D eigenvalue weighted by atomic mass is 35.5. The van der Waals surface area contributed by atoms with E-state index in [2.05, 4.69) is 19.7 Å². The van der Waals surface area contributed by atoms with E-state index in [1.54, 1.807) is 4.90 Å². The van der Waals surface area contributed by atoms with Crippen molar-refractivity contribution in [2.45, 2.75) is 25.1 Å². The third-order valence-electron chi connectivity index (χ3n) is 7.69. The molecule has 1 aromatic carbocycles. The average molecular weight is 544 g/mol. The Hall–Kier alpha value is -3.11. The summed E-state index contributed by atoms with van der Waals surface area (Å²) in [5, 5.41) is 0.633. The lowest BCUT2D eigenvalue weighted by Crippen LogP contribution is -2.51. The molecule has 0 N–H and O–H groups in total. The summed E-state index contributed by atoms with van der Waals surface area (Å²) in [6, 6.07) is 12.5. The third-order valence-corrected chi connectivity index (χ3v) is 7.92. The van der Waals surface area contributed by atoms with Crippen LogP contribution in [0.4, 0.5) is 30.8 Å². The molecule has 2 aromatic heterocycles. The van der Waals surface area contributed by atoms with Crippen LogP contribution in [0, 0.1) is 0 Å². The van der Waals surface area contributed by atoms with Crippen molar-refractivity contribution in [3.8, 4) is 11.3 Å². The van der Waals surface area contributed by atoms with E-state index in [9.17, 15) is 13.2 Å². The van der Waals surface area contributed by atoms with Crippen LogP contribution in [0.5, 0.6) is 0 Å². The van der Waals surface area contributed by atoms with Crippen molar-refractivity contribution < 1.29 is 13.2 Å². The Balaban J connectivity index is 1.27. The normalized spacial score (nSPS) is 20.6. The van der Waals surface area contributed by atoms with Crippen molar-refractivity contribution in [1.82, 2.24) is 19.9 Å². The molecular formula is C27H29ClF3N7. The van der Waals surface area contributed by atoms with E-state index < -0.39 is 11.7 Å². The first kappa shape index (κ1) is 25.2. The molecule has 0 radical (unpaired) electrons. The summed E-state index contributed by atoms with van der Waals surface area (Å²) >= 11 is 6.29. The van der Waals surface area contributed by atoms with Crippen LogP contribution in [0.25, 0.3) is 11.3 Å². The minimum absolute atomic E-state index is 0.0166. The van der Waals surface area contributed by atoms with Crippen LogP contribution in [0.2, 0.25) is 5.02 Å².